The molecule has 18 heavy (non-hydrogen) atoms. The zero-order valence-corrected chi connectivity index (χ0v) is 11.8. The van der Waals surface area contributed by atoms with Crippen LogP contribution >= 0.6 is 11.3 Å². The van der Waals surface area contributed by atoms with E-state index in [-0.39, 0.29) is 0 Å². The maximum atomic E-state index is 5.67. The van der Waals surface area contributed by atoms with Gasteiger partial charge in [0.2, 0.25) is 0 Å². The van der Waals surface area contributed by atoms with E-state index >= 15 is 0 Å². The van der Waals surface area contributed by atoms with Crippen molar-refractivity contribution in [2.75, 3.05) is 7.05 Å². The van der Waals surface area contributed by atoms with E-state index in [1.165, 1.54) is 16.0 Å². The van der Waals surface area contributed by atoms with Crippen molar-refractivity contribution in [3.63, 3.8) is 0 Å². The van der Waals surface area contributed by atoms with Crippen LogP contribution in [0.2, 0.25) is 0 Å². The standard InChI is InChI=1S/C15H20N2S/c1-12(15-7-4-8-18-15)17(2)11-14-6-3-5-13(9-14)10-16/h3-9,12H,10-11,16H2,1-2H3. The highest BCUT2D eigenvalue weighted by molar-refractivity contribution is 7.10. The maximum Gasteiger partial charge on any atom is 0.0413 e. The number of nitrogens with zero attached hydrogens (tertiary/aromatic N) is 1. The first-order valence-corrected chi connectivity index (χ1v) is 7.10. The van der Waals surface area contributed by atoms with Crippen molar-refractivity contribution in [1.29, 1.82) is 0 Å². The van der Waals surface area contributed by atoms with E-state index in [0.717, 1.165) is 6.54 Å². The van der Waals surface area contributed by atoms with Crippen LogP contribution in [0.3, 0.4) is 0 Å². The first-order chi connectivity index (χ1) is 8.70. The second-order valence-corrected chi connectivity index (χ2v) is 5.61. The molecule has 2 aromatic rings. The fraction of sp³-hybridized carbons (Fsp3) is 0.333. The lowest BCUT2D eigenvalue weighted by Crippen LogP contribution is -2.21. The Bertz CT molecular complexity index is 479. The van der Waals surface area contributed by atoms with Crippen LogP contribution in [-0.2, 0) is 13.1 Å². The third-order valence-corrected chi connectivity index (χ3v) is 4.32. The number of thiophene rings is 1. The molecule has 2 nitrogen and oxygen atoms in total. The Morgan fingerprint density at radius 1 is 1.22 bits per heavy atom. The SMILES string of the molecule is CC(c1cccs1)N(C)Cc1cccc(CN)c1. The molecule has 0 saturated heterocycles. The number of hydrogen-bond donors (Lipinski definition) is 1. The van der Waals surface area contributed by atoms with Crippen LogP contribution in [0.1, 0.15) is 29.0 Å². The second-order valence-electron chi connectivity index (χ2n) is 4.63. The molecule has 1 aromatic carbocycles. The summed E-state index contributed by atoms with van der Waals surface area (Å²) in [7, 11) is 2.17. The van der Waals surface area contributed by atoms with Crippen molar-refractivity contribution >= 4 is 11.3 Å². The van der Waals surface area contributed by atoms with E-state index in [1.54, 1.807) is 0 Å². The van der Waals surface area contributed by atoms with Crippen molar-refractivity contribution in [2.24, 2.45) is 5.73 Å². The summed E-state index contributed by atoms with van der Waals surface area (Å²) < 4.78 is 0. The quantitative estimate of drug-likeness (QED) is 0.892. The van der Waals surface area contributed by atoms with Gasteiger partial charge in [-0.05, 0) is 36.5 Å². The smallest absolute Gasteiger partial charge is 0.0413 e. The number of rotatable bonds is 5. The molecule has 96 valence electrons. The average Bonchev–Trinajstić information content (AvgIpc) is 2.92. The van der Waals surface area contributed by atoms with Gasteiger partial charge in [-0.2, -0.15) is 0 Å². The van der Waals surface area contributed by atoms with Gasteiger partial charge in [-0.15, -0.1) is 11.3 Å². The molecule has 0 bridgehead atoms. The van der Waals surface area contributed by atoms with E-state index in [4.69, 9.17) is 5.73 Å². The Morgan fingerprint density at radius 3 is 2.67 bits per heavy atom. The molecule has 0 saturated carbocycles. The van der Waals surface area contributed by atoms with E-state index in [2.05, 4.69) is 60.6 Å². The number of nitrogens with two attached hydrogens (primary N) is 1. The van der Waals surface area contributed by atoms with Crippen LogP contribution in [0.15, 0.2) is 41.8 Å². The minimum Gasteiger partial charge on any atom is -0.326 e. The zero-order chi connectivity index (χ0) is 13.0. The molecule has 2 N–H and O–H groups in total. The topological polar surface area (TPSA) is 29.3 Å². The van der Waals surface area contributed by atoms with Crippen LogP contribution in [0.5, 0.6) is 0 Å². The largest absolute Gasteiger partial charge is 0.326 e. The predicted molar refractivity (Wildman–Crippen MR) is 78.5 cm³/mol. The highest BCUT2D eigenvalue weighted by Gasteiger charge is 2.12. The van der Waals surface area contributed by atoms with Crippen molar-refractivity contribution < 1.29 is 0 Å². The second kappa shape index (κ2) is 6.14. The summed E-state index contributed by atoms with van der Waals surface area (Å²) in [6, 6.07) is 13.3. The van der Waals surface area contributed by atoms with Crippen LogP contribution in [-0.4, -0.2) is 11.9 Å². The van der Waals surface area contributed by atoms with Crippen LogP contribution < -0.4 is 5.73 Å². The first-order valence-electron chi connectivity index (χ1n) is 6.22. The molecule has 0 spiro atoms. The predicted octanol–water partition coefficient (Wildman–Crippen LogP) is 3.40. The van der Waals surface area contributed by atoms with Gasteiger partial charge in [-0.1, -0.05) is 30.3 Å². The Labute approximate surface area is 113 Å². The molecule has 1 unspecified atom stereocenters. The van der Waals surface area contributed by atoms with Crippen LogP contribution in [0.4, 0.5) is 0 Å². The lowest BCUT2D eigenvalue weighted by molar-refractivity contribution is 0.256. The van der Waals surface area contributed by atoms with E-state index in [9.17, 15) is 0 Å². The van der Waals surface area contributed by atoms with Gasteiger partial charge in [0.25, 0.3) is 0 Å². The van der Waals surface area contributed by atoms with Crippen molar-refractivity contribution in [3.05, 3.63) is 57.8 Å². The minimum atomic E-state index is 0.450. The summed E-state index contributed by atoms with van der Waals surface area (Å²) in [5, 5.41) is 2.13. The molecule has 3 heteroatoms. The van der Waals surface area contributed by atoms with Gasteiger partial charge < -0.3 is 5.73 Å². The molecule has 2 rings (SSSR count). The van der Waals surface area contributed by atoms with Crippen LogP contribution in [0.25, 0.3) is 0 Å². The summed E-state index contributed by atoms with van der Waals surface area (Å²) in [6.07, 6.45) is 0. The molecule has 0 fully saturated rings. The summed E-state index contributed by atoms with van der Waals surface area (Å²) in [5.41, 5.74) is 8.20. The van der Waals surface area contributed by atoms with E-state index in [0.29, 0.717) is 12.6 Å². The Hall–Kier alpha value is -1.16. The molecule has 0 amide bonds. The minimum absolute atomic E-state index is 0.450. The summed E-state index contributed by atoms with van der Waals surface area (Å²) in [5.74, 6) is 0. The first kappa shape index (κ1) is 13.3. The Balaban J connectivity index is 2.04. The molecule has 0 aliphatic carbocycles. The van der Waals surface area contributed by atoms with Crippen molar-refractivity contribution in [2.45, 2.75) is 26.1 Å². The highest BCUT2D eigenvalue weighted by Crippen LogP contribution is 2.24. The van der Waals surface area contributed by atoms with Crippen LogP contribution in [0, 0.1) is 0 Å². The lowest BCUT2D eigenvalue weighted by Gasteiger charge is -2.24. The lowest BCUT2D eigenvalue weighted by atomic mass is 10.1. The molecule has 0 aliphatic heterocycles. The molecular weight excluding hydrogens is 240 g/mol. The normalized spacial score (nSPS) is 12.9. The molecule has 0 radical (unpaired) electrons. The third kappa shape index (κ3) is 3.19. The van der Waals surface area contributed by atoms with Gasteiger partial charge in [0.05, 0.1) is 0 Å². The molecule has 1 heterocycles. The summed E-state index contributed by atoms with van der Waals surface area (Å²) in [6.45, 7) is 3.81. The Kier molecular flexibility index (Phi) is 4.53. The van der Waals surface area contributed by atoms with E-state index in [1.807, 2.05) is 11.3 Å². The average molecular weight is 260 g/mol. The van der Waals surface area contributed by atoms with Gasteiger partial charge >= 0.3 is 0 Å². The van der Waals surface area contributed by atoms with Gasteiger partial charge in [0, 0.05) is 24.0 Å². The summed E-state index contributed by atoms with van der Waals surface area (Å²) in [4.78, 5) is 3.77. The zero-order valence-electron chi connectivity index (χ0n) is 11.0. The molecule has 1 aromatic heterocycles. The van der Waals surface area contributed by atoms with Gasteiger partial charge in [-0.3, -0.25) is 4.90 Å². The van der Waals surface area contributed by atoms with Gasteiger partial charge in [0.15, 0.2) is 0 Å². The third-order valence-electron chi connectivity index (χ3n) is 3.28. The highest BCUT2D eigenvalue weighted by atomic mass is 32.1. The molecule has 1 atom stereocenters. The number of hydrogen-bond acceptors (Lipinski definition) is 3. The van der Waals surface area contributed by atoms with Crippen molar-refractivity contribution in [3.8, 4) is 0 Å². The fourth-order valence-corrected chi connectivity index (χ4v) is 2.87. The number of benzene rings is 1. The monoisotopic (exact) mass is 260 g/mol. The van der Waals surface area contributed by atoms with Crippen molar-refractivity contribution in [1.82, 2.24) is 4.90 Å². The van der Waals surface area contributed by atoms with E-state index < -0.39 is 0 Å². The molecule has 0 aliphatic rings. The maximum absolute atomic E-state index is 5.67. The summed E-state index contributed by atoms with van der Waals surface area (Å²) >= 11 is 1.82. The van der Waals surface area contributed by atoms with Gasteiger partial charge in [-0.25, -0.2) is 0 Å². The molecular formula is C15H20N2S. The van der Waals surface area contributed by atoms with Gasteiger partial charge in [0.1, 0.15) is 0 Å². The Morgan fingerprint density at radius 2 is 2.00 bits per heavy atom. The fourth-order valence-electron chi connectivity index (χ4n) is 2.03.